The van der Waals surface area contributed by atoms with E-state index in [-0.39, 0.29) is 22.5 Å². The van der Waals surface area contributed by atoms with Crippen LogP contribution in [-0.2, 0) is 4.79 Å². The SMILES string of the molecule is C=C1C(=O)[C@]2(C)CCC[C@H]1[C@H]2Cl. The standard InChI is InChI=1S/C10H13ClO/c1-6-7-4-3-5-10(2,8(7)11)9(6)12/h7-8H,1,3-5H2,2H3/t7-,8-,10-/m1/s1. The molecule has 2 rings (SSSR count). The van der Waals surface area contributed by atoms with Crippen LogP contribution in [0.3, 0.4) is 0 Å². The van der Waals surface area contributed by atoms with Crippen LogP contribution in [0.2, 0.25) is 0 Å². The molecule has 0 unspecified atom stereocenters. The highest BCUT2D eigenvalue weighted by Crippen LogP contribution is 2.53. The number of rotatable bonds is 0. The molecule has 0 aromatic carbocycles. The van der Waals surface area contributed by atoms with Crippen LogP contribution < -0.4 is 0 Å². The van der Waals surface area contributed by atoms with Crippen LogP contribution in [0.25, 0.3) is 0 Å². The van der Waals surface area contributed by atoms with E-state index in [4.69, 9.17) is 11.6 Å². The molecule has 0 aromatic heterocycles. The fourth-order valence-electron chi connectivity index (χ4n) is 2.54. The summed E-state index contributed by atoms with van der Waals surface area (Å²) in [6.07, 6.45) is 3.11. The van der Waals surface area contributed by atoms with E-state index < -0.39 is 0 Å². The Morgan fingerprint density at radius 1 is 1.67 bits per heavy atom. The molecule has 2 heteroatoms. The first-order chi connectivity index (χ1) is 5.57. The van der Waals surface area contributed by atoms with Crippen LogP contribution in [-0.4, -0.2) is 11.2 Å². The van der Waals surface area contributed by atoms with Gasteiger partial charge >= 0.3 is 0 Å². The van der Waals surface area contributed by atoms with E-state index in [1.165, 1.54) is 0 Å². The number of ketones is 1. The maximum atomic E-state index is 11.7. The Kier molecular flexibility index (Phi) is 1.63. The molecule has 0 saturated heterocycles. The molecule has 0 heterocycles. The minimum atomic E-state index is -0.290. The molecule has 0 amide bonds. The third-order valence-corrected chi connectivity index (χ3v) is 4.22. The number of alkyl halides is 1. The molecular weight excluding hydrogens is 172 g/mol. The van der Waals surface area contributed by atoms with Crippen LogP contribution in [0.15, 0.2) is 12.2 Å². The highest BCUT2D eigenvalue weighted by molar-refractivity contribution is 6.26. The van der Waals surface area contributed by atoms with E-state index in [9.17, 15) is 4.79 Å². The van der Waals surface area contributed by atoms with Gasteiger partial charge in [0.15, 0.2) is 5.78 Å². The summed E-state index contributed by atoms with van der Waals surface area (Å²) >= 11 is 6.23. The first-order valence-electron chi connectivity index (χ1n) is 4.45. The molecule has 0 radical (unpaired) electrons. The summed E-state index contributed by atoms with van der Waals surface area (Å²) in [7, 11) is 0. The zero-order valence-corrected chi connectivity index (χ0v) is 8.03. The number of fused-ring (bicyclic) bond motifs is 2. The molecule has 2 saturated carbocycles. The van der Waals surface area contributed by atoms with E-state index in [0.717, 1.165) is 24.8 Å². The fraction of sp³-hybridized carbons (Fsp3) is 0.700. The highest BCUT2D eigenvalue weighted by Gasteiger charge is 2.54. The van der Waals surface area contributed by atoms with Crippen molar-refractivity contribution in [2.45, 2.75) is 31.6 Å². The molecule has 12 heavy (non-hydrogen) atoms. The van der Waals surface area contributed by atoms with Gasteiger partial charge in [-0.2, -0.15) is 0 Å². The topological polar surface area (TPSA) is 17.1 Å². The Morgan fingerprint density at radius 3 is 2.83 bits per heavy atom. The molecule has 0 N–H and O–H groups in total. The summed E-state index contributed by atoms with van der Waals surface area (Å²) in [5.74, 6) is 0.475. The van der Waals surface area contributed by atoms with Crippen LogP contribution in [0.1, 0.15) is 26.2 Å². The van der Waals surface area contributed by atoms with Crippen LogP contribution in [0.4, 0.5) is 0 Å². The van der Waals surface area contributed by atoms with Gasteiger partial charge in [-0.25, -0.2) is 0 Å². The summed E-state index contributed by atoms with van der Waals surface area (Å²) < 4.78 is 0. The zero-order valence-electron chi connectivity index (χ0n) is 7.27. The quantitative estimate of drug-likeness (QED) is 0.418. The van der Waals surface area contributed by atoms with Gasteiger partial charge in [0.25, 0.3) is 0 Å². The van der Waals surface area contributed by atoms with Crippen molar-refractivity contribution in [1.29, 1.82) is 0 Å². The molecule has 2 aliphatic carbocycles. The summed E-state index contributed by atoms with van der Waals surface area (Å²) in [5.41, 5.74) is 0.483. The molecule has 0 aromatic rings. The summed E-state index contributed by atoms with van der Waals surface area (Å²) in [5, 5.41) is 0.00579. The van der Waals surface area contributed by atoms with Crippen molar-refractivity contribution in [2.24, 2.45) is 11.3 Å². The average molecular weight is 185 g/mol. The fourth-order valence-corrected chi connectivity index (χ4v) is 3.03. The van der Waals surface area contributed by atoms with E-state index in [1.54, 1.807) is 0 Å². The lowest BCUT2D eigenvalue weighted by Gasteiger charge is -2.31. The number of halogens is 1. The summed E-state index contributed by atoms with van der Waals surface area (Å²) in [4.78, 5) is 11.7. The second-order valence-electron chi connectivity index (χ2n) is 4.17. The van der Waals surface area contributed by atoms with Gasteiger partial charge < -0.3 is 0 Å². The molecule has 0 aliphatic heterocycles. The third-order valence-electron chi connectivity index (χ3n) is 3.43. The van der Waals surface area contributed by atoms with Crippen LogP contribution in [0.5, 0.6) is 0 Å². The Bertz CT molecular complexity index is 259. The molecule has 66 valence electrons. The number of Topliss-reactive ketones (excluding diaryl/α,β-unsaturated/α-hetero) is 1. The van der Waals surface area contributed by atoms with Crippen molar-refractivity contribution < 1.29 is 4.79 Å². The minimum Gasteiger partial charge on any atom is -0.294 e. The number of hydrogen-bond donors (Lipinski definition) is 0. The lowest BCUT2D eigenvalue weighted by molar-refractivity contribution is -0.122. The molecular formula is C10H13ClO. The smallest absolute Gasteiger partial charge is 0.165 e. The van der Waals surface area contributed by atoms with Gasteiger partial charge in [0.2, 0.25) is 0 Å². The van der Waals surface area contributed by atoms with Gasteiger partial charge in [0.1, 0.15) is 0 Å². The van der Waals surface area contributed by atoms with Crippen molar-refractivity contribution in [2.75, 3.05) is 0 Å². The Morgan fingerprint density at radius 2 is 2.33 bits per heavy atom. The third kappa shape index (κ3) is 0.779. The van der Waals surface area contributed by atoms with Crippen LogP contribution in [0, 0.1) is 11.3 Å². The van der Waals surface area contributed by atoms with Crippen molar-refractivity contribution >= 4 is 17.4 Å². The lowest BCUT2D eigenvalue weighted by Crippen LogP contribution is -2.34. The van der Waals surface area contributed by atoms with Crippen molar-refractivity contribution in [1.82, 2.24) is 0 Å². The summed E-state index contributed by atoms with van der Waals surface area (Å²) in [6, 6.07) is 0. The predicted octanol–water partition coefficient (Wildman–Crippen LogP) is 2.54. The second-order valence-corrected chi connectivity index (χ2v) is 4.64. The van der Waals surface area contributed by atoms with Crippen molar-refractivity contribution in [3.8, 4) is 0 Å². The lowest BCUT2D eigenvalue weighted by atomic mass is 9.76. The maximum absolute atomic E-state index is 11.7. The van der Waals surface area contributed by atoms with Crippen molar-refractivity contribution in [3.05, 3.63) is 12.2 Å². The second kappa shape index (κ2) is 2.35. The molecule has 0 spiro atoms. The number of allylic oxidation sites excluding steroid dienone is 1. The first kappa shape index (κ1) is 8.31. The number of carbonyl (C=O) groups excluding carboxylic acids is 1. The van der Waals surface area contributed by atoms with Crippen molar-refractivity contribution in [3.63, 3.8) is 0 Å². The molecule has 2 fully saturated rings. The van der Waals surface area contributed by atoms with Gasteiger partial charge in [-0.1, -0.05) is 19.9 Å². The van der Waals surface area contributed by atoms with E-state index in [0.29, 0.717) is 0 Å². The van der Waals surface area contributed by atoms with E-state index >= 15 is 0 Å². The maximum Gasteiger partial charge on any atom is 0.165 e. The van der Waals surface area contributed by atoms with Gasteiger partial charge in [0.05, 0.1) is 5.38 Å². The largest absolute Gasteiger partial charge is 0.294 e. The molecule has 2 aliphatic rings. The molecule has 3 atom stereocenters. The predicted molar refractivity (Wildman–Crippen MR) is 49.2 cm³/mol. The Balaban J connectivity index is 2.46. The zero-order chi connectivity index (χ0) is 8.93. The van der Waals surface area contributed by atoms with Gasteiger partial charge in [0, 0.05) is 11.3 Å². The normalized spacial score (nSPS) is 46.8. The molecule has 2 bridgehead atoms. The summed E-state index contributed by atoms with van der Waals surface area (Å²) in [6.45, 7) is 5.82. The van der Waals surface area contributed by atoms with E-state index in [2.05, 4.69) is 6.58 Å². The Labute approximate surface area is 77.8 Å². The highest BCUT2D eigenvalue weighted by atomic mass is 35.5. The minimum absolute atomic E-state index is 0.00579. The number of carbonyl (C=O) groups is 1. The Hall–Kier alpha value is -0.300. The van der Waals surface area contributed by atoms with E-state index in [1.807, 2.05) is 6.92 Å². The number of hydrogen-bond acceptors (Lipinski definition) is 1. The first-order valence-corrected chi connectivity index (χ1v) is 4.88. The molecule has 1 nitrogen and oxygen atoms in total. The average Bonchev–Trinajstić information content (AvgIpc) is 2.20. The van der Waals surface area contributed by atoms with Gasteiger partial charge in [-0.3, -0.25) is 4.79 Å². The van der Waals surface area contributed by atoms with Gasteiger partial charge in [-0.05, 0) is 18.4 Å². The van der Waals surface area contributed by atoms with Gasteiger partial charge in [-0.15, -0.1) is 11.6 Å². The van der Waals surface area contributed by atoms with Crippen LogP contribution >= 0.6 is 11.6 Å². The monoisotopic (exact) mass is 184 g/mol.